The lowest BCUT2D eigenvalue weighted by atomic mass is 9.83. The van der Waals surface area contributed by atoms with E-state index in [1.165, 1.54) is 16.7 Å². The Morgan fingerprint density at radius 2 is 1.69 bits per heavy atom. The summed E-state index contributed by atoms with van der Waals surface area (Å²) in [5.74, 6) is -0.592. The van der Waals surface area contributed by atoms with Crippen molar-refractivity contribution in [2.75, 3.05) is 12.0 Å². The van der Waals surface area contributed by atoms with Crippen LogP contribution in [0.25, 0.3) is 0 Å². The van der Waals surface area contributed by atoms with Gasteiger partial charge in [-0.15, -0.1) is 0 Å². The zero-order valence-electron chi connectivity index (χ0n) is 21.6. The van der Waals surface area contributed by atoms with Gasteiger partial charge in [0.25, 0.3) is 0 Å². The minimum Gasteiger partial charge on any atom is -0.493 e. The first-order valence-electron chi connectivity index (χ1n) is 12.5. The van der Waals surface area contributed by atoms with Crippen LogP contribution in [0.4, 0.5) is 5.69 Å². The summed E-state index contributed by atoms with van der Waals surface area (Å²) in [5.41, 5.74) is 4.58. The molecule has 0 radical (unpaired) electrons. The smallest absolute Gasteiger partial charge is 0.305 e. The number of hydrogen-bond acceptors (Lipinski definition) is 7. The highest BCUT2D eigenvalue weighted by Crippen LogP contribution is 2.53. The maximum Gasteiger partial charge on any atom is 0.305 e. The molecule has 1 aromatic heterocycles. The molecule has 0 spiro atoms. The van der Waals surface area contributed by atoms with Crippen molar-refractivity contribution in [2.45, 2.75) is 36.6 Å². The third-order valence-electron chi connectivity index (χ3n) is 7.14. The van der Waals surface area contributed by atoms with Crippen molar-refractivity contribution in [1.29, 1.82) is 0 Å². The molecule has 0 bridgehead atoms. The third-order valence-corrected chi connectivity index (χ3v) is 9.54. The van der Waals surface area contributed by atoms with Crippen LogP contribution in [-0.2, 0) is 16.2 Å². The van der Waals surface area contributed by atoms with Gasteiger partial charge in [0, 0.05) is 10.8 Å². The second kappa shape index (κ2) is 10.1. The van der Waals surface area contributed by atoms with Crippen molar-refractivity contribution < 1.29 is 19.1 Å². The summed E-state index contributed by atoms with van der Waals surface area (Å²) >= 11 is 2.35. The Kier molecular flexibility index (Phi) is 6.56. The van der Waals surface area contributed by atoms with E-state index in [0.717, 1.165) is 38.5 Å². The zero-order valence-corrected chi connectivity index (χ0v) is 23.2. The molecule has 4 aromatic rings. The SMILES string of the molecule is COc1cc([C@@H]2c3sc(=O)[nH]c3S[C@H]3C(=O)N(c4ccc(C)cc4)C(=O)[C@@H]23)ccc1OCc1cccc(C)c1. The van der Waals surface area contributed by atoms with Gasteiger partial charge in [0.05, 0.1) is 23.7 Å². The number of thioether (sulfide) groups is 1. The predicted octanol–water partition coefficient (Wildman–Crippen LogP) is 5.44. The number of imide groups is 1. The Hall–Kier alpha value is -3.82. The van der Waals surface area contributed by atoms with E-state index in [-0.39, 0.29) is 16.7 Å². The number of thiazole rings is 1. The molecule has 3 aromatic carbocycles. The average molecular weight is 559 g/mol. The Labute approximate surface area is 233 Å². The first-order valence-corrected chi connectivity index (χ1v) is 14.2. The fourth-order valence-corrected chi connectivity index (χ4v) is 7.80. The van der Waals surface area contributed by atoms with Gasteiger partial charge in [-0.1, -0.05) is 76.7 Å². The number of aromatic nitrogens is 1. The molecule has 39 heavy (non-hydrogen) atoms. The molecule has 2 amide bonds. The Morgan fingerprint density at radius 3 is 2.44 bits per heavy atom. The first kappa shape index (κ1) is 25.5. The normalized spacial score (nSPS) is 20.1. The maximum atomic E-state index is 13.9. The molecule has 0 aliphatic carbocycles. The number of benzene rings is 3. The summed E-state index contributed by atoms with van der Waals surface area (Å²) in [6.07, 6.45) is 0. The van der Waals surface area contributed by atoms with Gasteiger partial charge in [-0.3, -0.25) is 14.4 Å². The minimum atomic E-state index is -0.661. The summed E-state index contributed by atoms with van der Waals surface area (Å²) < 4.78 is 11.8. The first-order chi connectivity index (χ1) is 18.8. The van der Waals surface area contributed by atoms with Crippen LogP contribution in [0.2, 0.25) is 0 Å². The molecular weight excluding hydrogens is 532 g/mol. The van der Waals surface area contributed by atoms with Gasteiger partial charge in [-0.05, 0) is 49.2 Å². The summed E-state index contributed by atoms with van der Waals surface area (Å²) in [6, 6.07) is 21.0. The molecule has 6 rings (SSSR count). The number of carbonyl (C=O) groups is 2. The van der Waals surface area contributed by atoms with Gasteiger partial charge < -0.3 is 14.5 Å². The van der Waals surface area contributed by atoms with E-state index in [9.17, 15) is 14.4 Å². The third kappa shape index (κ3) is 4.55. The monoisotopic (exact) mass is 558 g/mol. The number of carbonyl (C=O) groups excluding carboxylic acids is 2. The maximum absolute atomic E-state index is 13.9. The molecule has 0 unspecified atom stereocenters. The van der Waals surface area contributed by atoms with Crippen LogP contribution in [-0.4, -0.2) is 29.2 Å². The van der Waals surface area contributed by atoms with Crippen molar-refractivity contribution in [3.8, 4) is 11.5 Å². The lowest BCUT2D eigenvalue weighted by molar-refractivity contribution is -0.122. The summed E-state index contributed by atoms with van der Waals surface area (Å²) in [7, 11) is 1.57. The molecule has 1 saturated heterocycles. The topological polar surface area (TPSA) is 88.7 Å². The van der Waals surface area contributed by atoms with Crippen LogP contribution < -0.4 is 19.2 Å². The number of nitrogens with one attached hydrogen (secondary N) is 1. The van der Waals surface area contributed by atoms with Gasteiger partial charge in [0.15, 0.2) is 11.5 Å². The molecule has 7 nitrogen and oxygen atoms in total. The van der Waals surface area contributed by atoms with Crippen LogP contribution in [0.3, 0.4) is 0 Å². The molecule has 9 heteroatoms. The van der Waals surface area contributed by atoms with Crippen molar-refractivity contribution in [3.05, 3.63) is 104 Å². The lowest BCUT2D eigenvalue weighted by Gasteiger charge is -2.30. The number of aryl methyl sites for hydroxylation is 2. The molecule has 3 atom stereocenters. The number of methoxy groups -OCH3 is 1. The van der Waals surface area contributed by atoms with E-state index in [0.29, 0.717) is 28.8 Å². The Morgan fingerprint density at radius 1 is 0.897 bits per heavy atom. The molecule has 3 heterocycles. The highest BCUT2D eigenvalue weighted by molar-refractivity contribution is 8.00. The average Bonchev–Trinajstić information content (AvgIpc) is 3.42. The summed E-state index contributed by atoms with van der Waals surface area (Å²) in [4.78, 5) is 44.6. The van der Waals surface area contributed by atoms with Crippen LogP contribution in [0.5, 0.6) is 11.5 Å². The molecule has 198 valence electrons. The molecule has 2 aliphatic rings. The second-order valence-corrected chi connectivity index (χ2v) is 12.0. The number of fused-ring (bicyclic) bond motifs is 2. The van der Waals surface area contributed by atoms with Gasteiger partial charge >= 0.3 is 4.87 Å². The number of nitrogens with zero attached hydrogens (tertiary/aromatic N) is 1. The summed E-state index contributed by atoms with van der Waals surface area (Å²) in [5, 5.41) is -0.00769. The zero-order chi connectivity index (χ0) is 27.3. The van der Waals surface area contributed by atoms with E-state index < -0.39 is 17.1 Å². The number of H-pyrrole nitrogens is 1. The highest BCUT2D eigenvalue weighted by Gasteiger charge is 2.56. The fraction of sp³-hybridized carbons (Fsp3) is 0.233. The van der Waals surface area contributed by atoms with E-state index in [1.807, 2.05) is 62.4 Å². The summed E-state index contributed by atoms with van der Waals surface area (Å²) in [6.45, 7) is 4.37. The number of aromatic amines is 1. The standard InChI is InChI=1S/C30H26N2O5S2/c1-16-7-10-20(11-8-16)32-28(33)24-23(25-27(31-30(35)39-25)38-26(24)29(32)34)19-9-12-21(22(14-19)36-3)37-15-18-6-4-5-17(2)13-18/h4-14,23-24,26H,15H2,1-3H3,(H,31,35)/t23-,24-,26+/m0/s1. The van der Waals surface area contributed by atoms with Crippen molar-refractivity contribution in [3.63, 3.8) is 0 Å². The van der Waals surface area contributed by atoms with E-state index in [2.05, 4.69) is 11.1 Å². The molecule has 2 aliphatic heterocycles. The number of amides is 2. The van der Waals surface area contributed by atoms with Crippen LogP contribution in [0, 0.1) is 19.8 Å². The van der Waals surface area contributed by atoms with E-state index in [4.69, 9.17) is 9.47 Å². The molecule has 0 saturated carbocycles. The van der Waals surface area contributed by atoms with Crippen molar-refractivity contribution in [2.24, 2.45) is 5.92 Å². The van der Waals surface area contributed by atoms with E-state index >= 15 is 0 Å². The molecule has 1 fully saturated rings. The fourth-order valence-electron chi connectivity index (χ4n) is 5.28. The highest BCUT2D eigenvalue weighted by atomic mass is 32.2. The lowest BCUT2D eigenvalue weighted by Crippen LogP contribution is -2.32. The van der Waals surface area contributed by atoms with Gasteiger partial charge in [0.1, 0.15) is 11.9 Å². The number of anilines is 1. The van der Waals surface area contributed by atoms with Crippen LogP contribution >= 0.6 is 23.1 Å². The Bertz CT molecular complexity index is 1640. The number of hydrogen-bond donors (Lipinski definition) is 1. The van der Waals surface area contributed by atoms with Gasteiger partial charge in [-0.2, -0.15) is 0 Å². The van der Waals surface area contributed by atoms with Crippen molar-refractivity contribution in [1.82, 2.24) is 4.98 Å². The van der Waals surface area contributed by atoms with Crippen LogP contribution in [0.1, 0.15) is 33.0 Å². The minimum absolute atomic E-state index is 0.210. The molecule has 1 N–H and O–H groups in total. The van der Waals surface area contributed by atoms with Gasteiger partial charge in [0.2, 0.25) is 11.8 Å². The predicted molar refractivity (Wildman–Crippen MR) is 152 cm³/mol. The number of ether oxygens (including phenoxy) is 2. The molecular formula is C30H26N2O5S2. The van der Waals surface area contributed by atoms with Gasteiger partial charge in [-0.25, -0.2) is 4.90 Å². The quantitative estimate of drug-likeness (QED) is 0.317. The second-order valence-electron chi connectivity index (χ2n) is 9.79. The number of rotatable bonds is 6. The van der Waals surface area contributed by atoms with E-state index in [1.54, 1.807) is 19.2 Å². The largest absolute Gasteiger partial charge is 0.493 e. The Balaban J connectivity index is 1.37. The van der Waals surface area contributed by atoms with Crippen molar-refractivity contribution >= 4 is 40.6 Å². The van der Waals surface area contributed by atoms with Crippen LogP contribution in [0.15, 0.2) is 76.6 Å².